The molecule has 1 N–H and O–H groups in total. The lowest BCUT2D eigenvalue weighted by atomic mass is 10.1. The summed E-state index contributed by atoms with van der Waals surface area (Å²) in [6, 6.07) is 7.87. The normalized spacial score (nSPS) is 14.1. The number of nitrogens with zero attached hydrogens (tertiary/aromatic N) is 4. The van der Waals surface area contributed by atoms with Crippen LogP contribution < -0.4 is 16.0 Å². The minimum atomic E-state index is -4.46. The molecule has 0 spiro atoms. The van der Waals surface area contributed by atoms with Gasteiger partial charge in [-0.3, -0.25) is 14.3 Å². The molecule has 4 aromatic rings. The Hall–Kier alpha value is -3.89. The van der Waals surface area contributed by atoms with Crippen LogP contribution in [0.15, 0.2) is 52.2 Å². The molecular formula is C25H24F3N5O3. The minimum absolute atomic E-state index is 0.0420. The van der Waals surface area contributed by atoms with Crippen molar-refractivity contribution >= 4 is 11.2 Å². The highest BCUT2D eigenvalue weighted by Gasteiger charge is 2.30. The van der Waals surface area contributed by atoms with Crippen molar-refractivity contribution < 1.29 is 17.9 Å². The molecule has 11 heteroatoms. The van der Waals surface area contributed by atoms with Crippen LogP contribution in [0.2, 0.25) is 0 Å². The monoisotopic (exact) mass is 499 g/mol. The van der Waals surface area contributed by atoms with Crippen LogP contribution in [0.25, 0.3) is 22.6 Å². The largest absolute Gasteiger partial charge is 0.477 e. The fourth-order valence-corrected chi connectivity index (χ4v) is 4.12. The van der Waals surface area contributed by atoms with Gasteiger partial charge in [0.2, 0.25) is 5.88 Å². The second kappa shape index (κ2) is 8.96. The first-order valence-electron chi connectivity index (χ1n) is 11.6. The maximum Gasteiger partial charge on any atom is 0.416 e. The molecule has 5 rings (SSSR count). The summed E-state index contributed by atoms with van der Waals surface area (Å²) < 4.78 is 48.1. The molecule has 1 aliphatic rings. The summed E-state index contributed by atoms with van der Waals surface area (Å²) >= 11 is 0. The third kappa shape index (κ3) is 4.52. The van der Waals surface area contributed by atoms with Gasteiger partial charge in [-0.1, -0.05) is 12.1 Å². The summed E-state index contributed by atoms with van der Waals surface area (Å²) in [5, 5.41) is 0. The molecule has 1 aromatic carbocycles. The van der Waals surface area contributed by atoms with Crippen molar-refractivity contribution in [2.24, 2.45) is 5.92 Å². The number of halogens is 3. The Kier molecular flexibility index (Phi) is 5.93. The summed E-state index contributed by atoms with van der Waals surface area (Å²) in [6.45, 7) is 4.13. The van der Waals surface area contributed by atoms with Gasteiger partial charge in [-0.05, 0) is 62.4 Å². The fourth-order valence-electron chi connectivity index (χ4n) is 4.12. The van der Waals surface area contributed by atoms with E-state index in [1.165, 1.54) is 16.7 Å². The molecule has 1 fully saturated rings. The van der Waals surface area contributed by atoms with E-state index in [4.69, 9.17) is 4.74 Å². The van der Waals surface area contributed by atoms with Crippen LogP contribution in [-0.4, -0.2) is 30.7 Å². The number of H-pyrrole nitrogens is 1. The maximum absolute atomic E-state index is 13.1. The average Bonchev–Trinajstić information content (AvgIpc) is 3.58. The van der Waals surface area contributed by atoms with Crippen molar-refractivity contribution in [2.75, 3.05) is 6.61 Å². The number of benzene rings is 1. The lowest BCUT2D eigenvalue weighted by molar-refractivity contribution is -0.137. The van der Waals surface area contributed by atoms with Crippen LogP contribution in [0.4, 0.5) is 13.2 Å². The van der Waals surface area contributed by atoms with E-state index in [1.807, 2.05) is 0 Å². The van der Waals surface area contributed by atoms with E-state index in [0.717, 1.165) is 25.0 Å². The number of hydrogen-bond acceptors (Lipinski definition) is 5. The topological polar surface area (TPSA) is 94.8 Å². The maximum atomic E-state index is 13.1. The van der Waals surface area contributed by atoms with Crippen LogP contribution in [0.1, 0.15) is 43.9 Å². The number of aromatic amines is 1. The van der Waals surface area contributed by atoms with E-state index in [9.17, 15) is 22.8 Å². The van der Waals surface area contributed by atoms with Crippen molar-refractivity contribution in [3.63, 3.8) is 0 Å². The quantitative estimate of drug-likeness (QED) is 0.407. The van der Waals surface area contributed by atoms with E-state index in [-0.39, 0.29) is 23.8 Å². The van der Waals surface area contributed by atoms with E-state index >= 15 is 0 Å². The van der Waals surface area contributed by atoms with Gasteiger partial charge < -0.3 is 9.30 Å². The predicted molar refractivity (Wildman–Crippen MR) is 127 cm³/mol. The van der Waals surface area contributed by atoms with Gasteiger partial charge in [-0.2, -0.15) is 13.2 Å². The lowest BCUT2D eigenvalue weighted by Crippen LogP contribution is -2.32. The van der Waals surface area contributed by atoms with Crippen molar-refractivity contribution in [3.05, 3.63) is 74.6 Å². The summed E-state index contributed by atoms with van der Waals surface area (Å²) in [5.41, 5.74) is -0.645. The van der Waals surface area contributed by atoms with Gasteiger partial charge in [-0.15, -0.1) is 0 Å². The third-order valence-corrected chi connectivity index (χ3v) is 6.13. The van der Waals surface area contributed by atoms with Gasteiger partial charge in [0.05, 0.1) is 17.7 Å². The van der Waals surface area contributed by atoms with E-state index in [1.54, 1.807) is 36.7 Å². The highest BCUT2D eigenvalue weighted by atomic mass is 19.4. The summed E-state index contributed by atoms with van der Waals surface area (Å²) in [6.07, 6.45) is -0.694. The SMILES string of the molecule is CC(C)n1c(=O)[nH]c(=O)c2c1nc(-c1cccnc1OCC1CC1)n2Cc1ccc(C(F)(F)F)cc1. The van der Waals surface area contributed by atoms with Crippen molar-refractivity contribution in [3.8, 4) is 17.3 Å². The van der Waals surface area contributed by atoms with Crippen molar-refractivity contribution in [2.45, 2.75) is 45.5 Å². The fraction of sp³-hybridized carbons (Fsp3) is 0.360. The molecular weight excluding hydrogens is 475 g/mol. The molecule has 0 unspecified atom stereocenters. The van der Waals surface area contributed by atoms with Gasteiger partial charge in [0.15, 0.2) is 11.2 Å². The third-order valence-electron chi connectivity index (χ3n) is 6.13. The number of fused-ring (bicyclic) bond motifs is 1. The Morgan fingerprint density at radius 1 is 1.14 bits per heavy atom. The van der Waals surface area contributed by atoms with Crippen LogP contribution in [0.5, 0.6) is 5.88 Å². The Morgan fingerprint density at radius 2 is 1.86 bits per heavy atom. The molecule has 188 valence electrons. The predicted octanol–water partition coefficient (Wildman–Crippen LogP) is 4.39. The smallest absolute Gasteiger partial charge is 0.416 e. The Balaban J connectivity index is 1.70. The first-order valence-corrected chi connectivity index (χ1v) is 11.6. The van der Waals surface area contributed by atoms with Crippen LogP contribution in [-0.2, 0) is 12.7 Å². The Labute approximate surface area is 203 Å². The lowest BCUT2D eigenvalue weighted by Gasteiger charge is -2.13. The number of pyridine rings is 1. The van der Waals surface area contributed by atoms with Gasteiger partial charge in [-0.25, -0.2) is 14.8 Å². The number of imidazole rings is 1. The molecule has 0 atom stereocenters. The number of rotatable bonds is 7. The van der Waals surface area contributed by atoms with E-state index in [0.29, 0.717) is 35.4 Å². The molecule has 0 amide bonds. The minimum Gasteiger partial charge on any atom is -0.477 e. The Morgan fingerprint density at radius 3 is 2.50 bits per heavy atom. The highest BCUT2D eigenvalue weighted by molar-refractivity contribution is 5.78. The molecule has 3 aromatic heterocycles. The van der Waals surface area contributed by atoms with E-state index < -0.39 is 23.0 Å². The zero-order valence-corrected chi connectivity index (χ0v) is 19.7. The van der Waals surface area contributed by atoms with Crippen LogP contribution in [0, 0.1) is 5.92 Å². The first kappa shape index (κ1) is 23.8. The van der Waals surface area contributed by atoms with Crippen molar-refractivity contribution in [1.29, 1.82) is 0 Å². The number of nitrogens with one attached hydrogen (secondary N) is 1. The molecule has 0 bridgehead atoms. The molecule has 0 radical (unpaired) electrons. The zero-order chi connectivity index (χ0) is 25.6. The molecule has 1 aliphatic carbocycles. The number of hydrogen-bond donors (Lipinski definition) is 1. The molecule has 8 nitrogen and oxygen atoms in total. The van der Waals surface area contributed by atoms with Gasteiger partial charge >= 0.3 is 11.9 Å². The molecule has 1 saturated carbocycles. The molecule has 0 aliphatic heterocycles. The second-order valence-electron chi connectivity index (χ2n) is 9.22. The number of ether oxygens (including phenoxy) is 1. The summed E-state index contributed by atoms with van der Waals surface area (Å²) in [5.74, 6) is 1.14. The highest BCUT2D eigenvalue weighted by Crippen LogP contribution is 2.34. The van der Waals surface area contributed by atoms with Crippen molar-refractivity contribution in [1.82, 2.24) is 24.1 Å². The second-order valence-corrected chi connectivity index (χ2v) is 9.22. The van der Waals surface area contributed by atoms with Crippen LogP contribution >= 0.6 is 0 Å². The molecule has 3 heterocycles. The zero-order valence-electron chi connectivity index (χ0n) is 19.7. The first-order chi connectivity index (χ1) is 17.1. The van der Waals surface area contributed by atoms with Crippen LogP contribution in [0.3, 0.4) is 0 Å². The number of alkyl halides is 3. The molecule has 0 saturated heterocycles. The summed E-state index contributed by atoms with van der Waals surface area (Å²) in [7, 11) is 0. The van der Waals surface area contributed by atoms with Gasteiger partial charge in [0, 0.05) is 18.8 Å². The molecule has 36 heavy (non-hydrogen) atoms. The van der Waals surface area contributed by atoms with Gasteiger partial charge in [0.25, 0.3) is 5.56 Å². The van der Waals surface area contributed by atoms with Gasteiger partial charge in [0.1, 0.15) is 5.82 Å². The van der Waals surface area contributed by atoms with E-state index in [2.05, 4.69) is 15.0 Å². The Bertz CT molecular complexity index is 1530. The standard InChI is InChI=1S/C25H24F3N5O3/c1-14(2)33-21-19(22(34)31-24(33)35)32(12-15-7-9-17(10-8-15)25(26,27)28)20(30-21)18-4-3-11-29-23(18)36-13-16-5-6-16/h3-4,7-11,14,16H,5-6,12-13H2,1-2H3,(H,31,34,35). The average molecular weight is 499 g/mol. The number of aromatic nitrogens is 5. The summed E-state index contributed by atoms with van der Waals surface area (Å²) in [4.78, 5) is 37.0.